The van der Waals surface area contributed by atoms with Crippen molar-refractivity contribution in [2.75, 3.05) is 18.5 Å². The predicted octanol–water partition coefficient (Wildman–Crippen LogP) is 1.00. The Labute approximate surface area is 126 Å². The Morgan fingerprint density at radius 2 is 2.32 bits per heavy atom. The van der Waals surface area contributed by atoms with E-state index in [0.717, 1.165) is 29.5 Å². The van der Waals surface area contributed by atoms with E-state index < -0.39 is 0 Å². The maximum atomic E-state index is 5.61. The molecule has 0 bridgehead atoms. The highest BCUT2D eigenvalue weighted by Crippen LogP contribution is 2.25. The number of fused-ring (bicyclic) bond motifs is 1. The van der Waals surface area contributed by atoms with Gasteiger partial charge in [-0.1, -0.05) is 6.92 Å². The van der Waals surface area contributed by atoms with Gasteiger partial charge in [0.2, 0.25) is 0 Å². The minimum absolute atomic E-state index is 0.110. The van der Waals surface area contributed by atoms with Gasteiger partial charge < -0.3 is 10.1 Å². The topological polar surface area (TPSA) is 93.0 Å². The first-order chi connectivity index (χ1) is 10.8. The molecule has 0 unspecified atom stereocenters. The lowest BCUT2D eigenvalue weighted by Gasteiger charge is -2.17. The molecule has 3 aromatic heterocycles. The molecular formula is C14H17N7O. The highest BCUT2D eigenvalue weighted by molar-refractivity contribution is 5.46. The molecule has 4 rings (SSSR count). The van der Waals surface area contributed by atoms with Gasteiger partial charge in [-0.15, -0.1) is 0 Å². The molecule has 3 aromatic rings. The van der Waals surface area contributed by atoms with Crippen molar-refractivity contribution in [1.29, 1.82) is 0 Å². The van der Waals surface area contributed by atoms with Crippen molar-refractivity contribution < 1.29 is 4.74 Å². The van der Waals surface area contributed by atoms with E-state index in [1.807, 2.05) is 18.3 Å². The van der Waals surface area contributed by atoms with Crippen molar-refractivity contribution in [1.82, 2.24) is 29.8 Å². The molecular weight excluding hydrogens is 282 g/mol. The Hall–Kier alpha value is -2.48. The molecule has 4 heterocycles. The zero-order chi connectivity index (χ0) is 14.9. The van der Waals surface area contributed by atoms with Gasteiger partial charge in [-0.25, -0.2) is 14.5 Å². The van der Waals surface area contributed by atoms with E-state index in [0.29, 0.717) is 13.2 Å². The highest BCUT2D eigenvalue weighted by Gasteiger charge is 2.32. The normalized spacial score (nSPS) is 21.5. The van der Waals surface area contributed by atoms with Crippen molar-refractivity contribution in [3.8, 4) is 0 Å². The molecule has 114 valence electrons. The molecule has 1 saturated heterocycles. The molecule has 8 heteroatoms. The molecule has 8 nitrogen and oxygen atoms in total. The van der Waals surface area contributed by atoms with Crippen LogP contribution in [0.15, 0.2) is 24.5 Å². The molecule has 0 radical (unpaired) electrons. The second-order valence-corrected chi connectivity index (χ2v) is 5.34. The lowest BCUT2D eigenvalue weighted by Crippen LogP contribution is -2.27. The third kappa shape index (κ3) is 2.31. The first-order valence-electron chi connectivity index (χ1n) is 7.39. The van der Waals surface area contributed by atoms with Gasteiger partial charge in [0.15, 0.2) is 11.5 Å². The Bertz CT molecular complexity index is 780. The molecule has 2 atom stereocenters. The van der Waals surface area contributed by atoms with E-state index in [1.54, 1.807) is 10.7 Å². The molecule has 1 fully saturated rings. The molecule has 1 aliphatic rings. The number of aryl methyl sites for hydroxylation is 1. The van der Waals surface area contributed by atoms with Crippen LogP contribution in [0.25, 0.3) is 5.65 Å². The van der Waals surface area contributed by atoms with Crippen molar-refractivity contribution in [3.63, 3.8) is 0 Å². The molecule has 22 heavy (non-hydrogen) atoms. The summed E-state index contributed by atoms with van der Waals surface area (Å²) in [5, 5.41) is 14.8. The number of ether oxygens (including phenoxy) is 1. The minimum Gasteiger partial charge on any atom is -0.378 e. The van der Waals surface area contributed by atoms with Crippen LogP contribution in [0, 0.1) is 0 Å². The number of aromatic nitrogens is 6. The Kier molecular flexibility index (Phi) is 3.23. The largest absolute Gasteiger partial charge is 0.378 e. The van der Waals surface area contributed by atoms with Crippen LogP contribution in [0.4, 0.5) is 5.82 Å². The van der Waals surface area contributed by atoms with Gasteiger partial charge in [0, 0.05) is 18.7 Å². The summed E-state index contributed by atoms with van der Waals surface area (Å²) in [7, 11) is 0. The zero-order valence-corrected chi connectivity index (χ0v) is 12.2. The summed E-state index contributed by atoms with van der Waals surface area (Å²) in [4.78, 5) is 9.06. The van der Waals surface area contributed by atoms with Crippen LogP contribution in [-0.4, -0.2) is 49.0 Å². The monoisotopic (exact) mass is 299 g/mol. The summed E-state index contributed by atoms with van der Waals surface area (Å²) < 4.78 is 7.34. The van der Waals surface area contributed by atoms with Crippen molar-refractivity contribution in [3.05, 3.63) is 36.2 Å². The van der Waals surface area contributed by atoms with Gasteiger partial charge in [-0.05, 0) is 6.07 Å². The Morgan fingerprint density at radius 1 is 1.36 bits per heavy atom. The number of rotatable bonds is 4. The van der Waals surface area contributed by atoms with Gasteiger partial charge in [0.05, 0.1) is 31.4 Å². The second kappa shape index (κ2) is 5.38. The van der Waals surface area contributed by atoms with Gasteiger partial charge in [0.25, 0.3) is 0 Å². The van der Waals surface area contributed by atoms with Crippen LogP contribution < -0.4 is 5.32 Å². The third-order valence-corrected chi connectivity index (χ3v) is 3.89. The summed E-state index contributed by atoms with van der Waals surface area (Å²) in [6.07, 6.45) is 4.46. The van der Waals surface area contributed by atoms with Crippen LogP contribution in [-0.2, 0) is 11.2 Å². The number of H-pyrrole nitrogens is 1. The van der Waals surface area contributed by atoms with Crippen molar-refractivity contribution >= 4 is 11.5 Å². The van der Waals surface area contributed by atoms with Crippen LogP contribution in [0.3, 0.4) is 0 Å². The minimum atomic E-state index is 0.110. The quantitative estimate of drug-likeness (QED) is 0.746. The maximum Gasteiger partial charge on any atom is 0.158 e. The first-order valence-corrected chi connectivity index (χ1v) is 7.39. The van der Waals surface area contributed by atoms with E-state index in [-0.39, 0.29) is 12.0 Å². The number of anilines is 1. The smallest absolute Gasteiger partial charge is 0.158 e. The van der Waals surface area contributed by atoms with E-state index in [1.165, 1.54) is 0 Å². The fourth-order valence-electron chi connectivity index (χ4n) is 2.67. The maximum absolute atomic E-state index is 5.61. The third-order valence-electron chi connectivity index (χ3n) is 3.89. The second-order valence-electron chi connectivity index (χ2n) is 5.34. The van der Waals surface area contributed by atoms with Gasteiger partial charge in [0.1, 0.15) is 11.6 Å². The number of hydrogen-bond donors (Lipinski definition) is 2. The molecule has 0 aromatic carbocycles. The van der Waals surface area contributed by atoms with E-state index in [9.17, 15) is 0 Å². The molecule has 2 N–H and O–H groups in total. The number of nitrogens with zero attached hydrogens (tertiary/aromatic N) is 5. The van der Waals surface area contributed by atoms with Crippen LogP contribution >= 0.6 is 0 Å². The number of aromatic amines is 1. The molecule has 0 amide bonds. The molecule has 0 saturated carbocycles. The summed E-state index contributed by atoms with van der Waals surface area (Å²) in [5.41, 5.74) is 0.812. The van der Waals surface area contributed by atoms with Gasteiger partial charge in [-0.2, -0.15) is 10.2 Å². The Morgan fingerprint density at radius 3 is 3.18 bits per heavy atom. The summed E-state index contributed by atoms with van der Waals surface area (Å²) in [5.74, 6) is 2.64. The summed E-state index contributed by atoms with van der Waals surface area (Å²) in [6.45, 7) is 3.29. The average Bonchev–Trinajstić information content (AvgIpc) is 3.26. The van der Waals surface area contributed by atoms with E-state index >= 15 is 0 Å². The van der Waals surface area contributed by atoms with E-state index in [2.05, 4.69) is 37.5 Å². The van der Waals surface area contributed by atoms with Crippen molar-refractivity contribution in [2.24, 2.45) is 0 Å². The van der Waals surface area contributed by atoms with Crippen LogP contribution in [0.5, 0.6) is 0 Å². The molecule has 0 aliphatic carbocycles. The van der Waals surface area contributed by atoms with Crippen LogP contribution in [0.2, 0.25) is 0 Å². The molecule has 1 aliphatic heterocycles. The summed E-state index contributed by atoms with van der Waals surface area (Å²) in [6, 6.07) is 3.89. The first kappa shape index (κ1) is 13.2. The van der Waals surface area contributed by atoms with Crippen molar-refractivity contribution in [2.45, 2.75) is 25.3 Å². The SMILES string of the molecule is CCc1nc([C@@H]2COC[C@@H]2Nc2ccn3nccc3n2)n[nH]1. The summed E-state index contributed by atoms with van der Waals surface area (Å²) >= 11 is 0. The van der Waals surface area contributed by atoms with Gasteiger partial charge in [-0.3, -0.25) is 5.10 Å². The van der Waals surface area contributed by atoms with Crippen LogP contribution in [0.1, 0.15) is 24.5 Å². The Balaban J connectivity index is 1.55. The van der Waals surface area contributed by atoms with Gasteiger partial charge >= 0.3 is 0 Å². The molecule has 0 spiro atoms. The van der Waals surface area contributed by atoms with E-state index in [4.69, 9.17) is 4.74 Å². The fourth-order valence-corrected chi connectivity index (χ4v) is 2.67. The average molecular weight is 299 g/mol. The highest BCUT2D eigenvalue weighted by atomic mass is 16.5. The fraction of sp³-hybridized carbons (Fsp3) is 0.429. The zero-order valence-electron chi connectivity index (χ0n) is 12.2. The number of hydrogen-bond acceptors (Lipinski definition) is 6. The standard InChI is InChI=1S/C14H17N7O/c1-2-11-18-14(20-19-11)9-7-22-8-10(9)16-12-4-6-21-13(17-12)3-5-15-21/h3-6,9-10H,2,7-8H2,1H3,(H,16,17)(H,18,19,20)/t9-,10+/m1/s1. The number of nitrogens with one attached hydrogen (secondary N) is 2. The lowest BCUT2D eigenvalue weighted by atomic mass is 10.0. The lowest BCUT2D eigenvalue weighted by molar-refractivity contribution is 0.191. The predicted molar refractivity (Wildman–Crippen MR) is 79.7 cm³/mol.